The normalized spacial score (nSPS) is 39.7. The van der Waals surface area contributed by atoms with Crippen molar-refractivity contribution < 1.29 is 126 Å². The fourth-order valence-electron chi connectivity index (χ4n) is 12.4. The first-order chi connectivity index (χ1) is 39.0. The number of hydrogen-bond acceptors (Lipinski definition) is 26. The van der Waals surface area contributed by atoms with E-state index in [4.69, 9.17) is 66.3 Å². The second kappa shape index (κ2) is 26.4. The van der Waals surface area contributed by atoms with Crippen molar-refractivity contribution in [2.75, 3.05) is 14.2 Å². The van der Waals surface area contributed by atoms with E-state index in [0.29, 0.717) is 0 Å². The Bertz CT molecular complexity index is 2620. The van der Waals surface area contributed by atoms with Crippen molar-refractivity contribution in [3.8, 4) is 17.2 Å². The van der Waals surface area contributed by atoms with Gasteiger partial charge in [0.2, 0.25) is 6.29 Å². The maximum absolute atomic E-state index is 15.1. The zero-order valence-corrected chi connectivity index (χ0v) is 48.7. The number of aromatic hydroxyl groups is 2. The molecule has 5 fully saturated rings. The third-order valence-electron chi connectivity index (χ3n) is 16.6. The van der Waals surface area contributed by atoms with E-state index >= 15 is 4.79 Å². The van der Waals surface area contributed by atoms with Crippen LogP contribution in [0.5, 0.6) is 17.2 Å². The summed E-state index contributed by atoms with van der Waals surface area (Å²) < 4.78 is 84.2. The number of methoxy groups -OCH3 is 2. The van der Waals surface area contributed by atoms with E-state index in [1.165, 1.54) is 67.9 Å². The van der Waals surface area contributed by atoms with Crippen LogP contribution in [-0.4, -0.2) is 225 Å². The van der Waals surface area contributed by atoms with E-state index in [9.17, 15) is 55.2 Å². The average Bonchev–Trinajstić information content (AvgIpc) is 3.32. The van der Waals surface area contributed by atoms with Crippen molar-refractivity contribution in [1.82, 2.24) is 0 Å². The molecule has 0 amide bonds. The zero-order chi connectivity index (χ0) is 60.8. The number of phenolic OH excluding ortho intramolecular Hbond substituents is 2. The lowest BCUT2D eigenvalue weighted by atomic mass is 9.75. The van der Waals surface area contributed by atoms with Gasteiger partial charge in [-0.05, 0) is 84.9 Å². The molecular weight excluding hydrogens is 1100 g/mol. The van der Waals surface area contributed by atoms with Crippen LogP contribution >= 0.6 is 0 Å². The number of rotatable bonds is 18. The van der Waals surface area contributed by atoms with Crippen LogP contribution in [0.4, 0.5) is 0 Å². The molecule has 2 aromatic carbocycles. The van der Waals surface area contributed by atoms with Crippen molar-refractivity contribution >= 4 is 34.3 Å². The lowest BCUT2D eigenvalue weighted by molar-refractivity contribution is -0.334. The number of ketones is 2. The van der Waals surface area contributed by atoms with Gasteiger partial charge >= 0.3 is 11.9 Å². The van der Waals surface area contributed by atoms with Gasteiger partial charge in [0.05, 0.1) is 65.9 Å². The van der Waals surface area contributed by atoms with Gasteiger partial charge < -0.3 is 107 Å². The second-order valence-corrected chi connectivity index (χ2v) is 23.1. The van der Waals surface area contributed by atoms with Crippen LogP contribution in [0.2, 0.25) is 0 Å². The summed E-state index contributed by atoms with van der Waals surface area (Å²) in [6.07, 6.45) is -25.8. The molecule has 5 saturated heterocycles. The Morgan fingerprint density at radius 1 is 0.687 bits per heavy atom. The molecule has 5 heterocycles. The Kier molecular flexibility index (Phi) is 20.5. The number of phenols is 2. The topological polar surface area (TPSA) is 359 Å². The van der Waals surface area contributed by atoms with Crippen molar-refractivity contribution in [2.24, 2.45) is 5.92 Å². The summed E-state index contributed by atoms with van der Waals surface area (Å²) in [4.78, 5) is 53.3. The molecule has 0 saturated carbocycles. The van der Waals surface area contributed by atoms with Gasteiger partial charge in [-0.25, -0.2) is 0 Å². The maximum Gasteiger partial charge on any atom is 0.303 e. The molecule has 83 heavy (non-hydrogen) atoms. The number of aliphatic hydroxyl groups excluding tert-OH is 5. The molecule has 8 rings (SSSR count). The van der Waals surface area contributed by atoms with E-state index in [2.05, 4.69) is 0 Å². The average molecular weight is 1180 g/mol. The first-order valence-electron chi connectivity index (χ1n) is 28.2. The number of benzene rings is 2. The van der Waals surface area contributed by atoms with E-state index in [1.54, 1.807) is 27.7 Å². The molecule has 0 bridgehead atoms. The number of ether oxygens (including phenoxy) is 14. The van der Waals surface area contributed by atoms with Crippen LogP contribution < -0.4 is 4.74 Å². The number of Topliss-reactive ketones (excluding diaryl/α,β-unsaturated/α-hetero) is 2. The standard InChI is InChI=1S/C57H82O26/c1-21-34(79-40-19-37(77-28(8)59)53(26(6)75-40)82-38-16-33(61)52(70-11)25(5)74-38)15-31-13-30-14-32(54(71-12)51(68)46(63)22(2)58)55(50(67)44(30)49(66)43(31)45(21)62)83-41-18-35(47(64)24(4)73-41)80-39-17-36(48(65)23(3)72-39)81-42-20-57(10,69)56(27(7)76-42)78-29(9)60/h13,15,22-27,32-33,35-42,46-48,52-56,58,61-66,69H,14,16-20H2,1-12H3/t22-,23?,24?,25?,26?,27?,32+,33?,35?,36?,37?,38?,39?,40?,41?,42?,46+,47?,48?,52?,53?,54+,55+,56?,57?/m1/s1. The van der Waals surface area contributed by atoms with E-state index in [-0.39, 0.29) is 71.7 Å². The predicted octanol–water partition coefficient (Wildman–Crippen LogP) is 1.55. The van der Waals surface area contributed by atoms with Crippen molar-refractivity contribution in [1.29, 1.82) is 0 Å². The van der Waals surface area contributed by atoms with Crippen LogP contribution in [0.25, 0.3) is 10.8 Å². The van der Waals surface area contributed by atoms with Crippen LogP contribution in [0, 0.1) is 12.8 Å². The summed E-state index contributed by atoms with van der Waals surface area (Å²) in [5.74, 6) is -5.35. The van der Waals surface area contributed by atoms with Gasteiger partial charge in [-0.3, -0.25) is 19.2 Å². The summed E-state index contributed by atoms with van der Waals surface area (Å²) in [6.45, 7) is 14.8. The van der Waals surface area contributed by atoms with E-state index in [1.807, 2.05) is 0 Å². The van der Waals surface area contributed by atoms with E-state index in [0.717, 1.165) is 0 Å². The number of esters is 2. The van der Waals surface area contributed by atoms with Gasteiger partial charge in [0, 0.05) is 71.7 Å². The molecule has 2 aromatic rings. The summed E-state index contributed by atoms with van der Waals surface area (Å²) in [5, 5.41) is 89.9. The molecule has 5 aliphatic heterocycles. The summed E-state index contributed by atoms with van der Waals surface area (Å²) in [6, 6.07) is 3.03. The molecule has 0 spiro atoms. The van der Waals surface area contributed by atoms with Gasteiger partial charge in [0.1, 0.15) is 71.7 Å². The van der Waals surface area contributed by atoms with Crippen LogP contribution in [0.15, 0.2) is 12.1 Å². The highest BCUT2D eigenvalue weighted by atomic mass is 16.7. The molecule has 1 aliphatic carbocycles. The van der Waals surface area contributed by atoms with Gasteiger partial charge in [-0.1, -0.05) is 0 Å². The SMILES string of the molecule is COC1C(O)CC(OC2C(C)OC(Oc3cc4cc5c(c(O)c4c(O)c3C)C(=O)[C@@H](OC3CC(OC4CC(OC6CC(C)(O)C(OC(C)=O)C(C)O6)C(O)C(C)O4)C(O)C(C)O3)[C@H]([C@H](OC)C(=O)[C@@H](O)[C@@H](C)O)C5)CC2OC(C)=O)OC1C. The number of hydrogen-bond donors (Lipinski definition) is 8. The highest BCUT2D eigenvalue weighted by Gasteiger charge is 2.52. The fraction of sp³-hybridized carbons (Fsp3) is 0.754. The Balaban J connectivity index is 1.03. The number of carbonyl (C=O) groups excluding carboxylic acids is 4. The molecule has 26 heteroatoms. The first kappa shape index (κ1) is 64.7. The molecule has 8 N–H and O–H groups in total. The Morgan fingerprint density at radius 3 is 1.80 bits per heavy atom. The largest absolute Gasteiger partial charge is 0.507 e. The first-order valence-corrected chi connectivity index (χ1v) is 28.2. The fourth-order valence-corrected chi connectivity index (χ4v) is 12.4. The van der Waals surface area contributed by atoms with Crippen molar-refractivity contribution in [3.05, 3.63) is 28.8 Å². The minimum atomic E-state index is -1.96. The van der Waals surface area contributed by atoms with Crippen LogP contribution in [-0.2, 0) is 82.4 Å². The van der Waals surface area contributed by atoms with Gasteiger partial charge in [0.25, 0.3) is 0 Å². The van der Waals surface area contributed by atoms with Gasteiger partial charge in [-0.15, -0.1) is 0 Å². The quantitative estimate of drug-likeness (QED) is 0.0982. The smallest absolute Gasteiger partial charge is 0.303 e. The highest BCUT2D eigenvalue weighted by Crippen LogP contribution is 2.48. The predicted molar refractivity (Wildman–Crippen MR) is 282 cm³/mol. The zero-order valence-electron chi connectivity index (χ0n) is 48.7. The molecule has 6 aliphatic rings. The number of carbonyl (C=O) groups is 4. The molecule has 0 aromatic heterocycles. The van der Waals surface area contributed by atoms with Crippen LogP contribution in [0.1, 0.15) is 116 Å². The molecular formula is C57H82O26. The molecule has 20 unspecified atom stereocenters. The third kappa shape index (κ3) is 13.9. The molecule has 25 atom stereocenters. The second-order valence-electron chi connectivity index (χ2n) is 23.1. The summed E-state index contributed by atoms with van der Waals surface area (Å²) >= 11 is 0. The minimum Gasteiger partial charge on any atom is -0.507 e. The summed E-state index contributed by atoms with van der Waals surface area (Å²) in [7, 11) is 2.65. The number of fused-ring (bicyclic) bond motifs is 2. The van der Waals surface area contributed by atoms with Gasteiger partial charge in [0.15, 0.2) is 42.8 Å². The van der Waals surface area contributed by atoms with Crippen molar-refractivity contribution in [3.63, 3.8) is 0 Å². The monoisotopic (exact) mass is 1180 g/mol. The lowest BCUT2D eigenvalue weighted by Crippen LogP contribution is -2.59. The minimum absolute atomic E-state index is 0.0531. The molecule has 0 radical (unpaired) electrons. The van der Waals surface area contributed by atoms with Crippen LogP contribution in [0.3, 0.4) is 0 Å². The highest BCUT2D eigenvalue weighted by molar-refractivity contribution is 6.11. The Hall–Kier alpha value is -4.30. The Labute approximate surface area is 480 Å². The van der Waals surface area contributed by atoms with Crippen molar-refractivity contribution in [2.45, 2.75) is 255 Å². The summed E-state index contributed by atoms with van der Waals surface area (Å²) in [5.41, 5.74) is -1.52. The molecule has 466 valence electrons. The third-order valence-corrected chi connectivity index (χ3v) is 16.6. The maximum atomic E-state index is 15.1. The van der Waals surface area contributed by atoms with E-state index < -0.39 is 188 Å². The Morgan fingerprint density at radius 2 is 1.23 bits per heavy atom. The molecule has 26 nitrogen and oxygen atoms in total. The van der Waals surface area contributed by atoms with Gasteiger partial charge in [-0.2, -0.15) is 0 Å². The lowest BCUT2D eigenvalue weighted by Gasteiger charge is -2.46. The number of aliphatic hydroxyl groups is 6.